The lowest BCUT2D eigenvalue weighted by Gasteiger charge is -2.30. The zero-order valence-electron chi connectivity index (χ0n) is 11.7. The van der Waals surface area contributed by atoms with Crippen molar-refractivity contribution >= 4 is 0 Å². The van der Waals surface area contributed by atoms with Crippen molar-refractivity contribution in [2.24, 2.45) is 17.3 Å². The highest BCUT2D eigenvalue weighted by Gasteiger charge is 2.36. The molecule has 2 rings (SSSR count). The summed E-state index contributed by atoms with van der Waals surface area (Å²) in [6.45, 7) is 8.14. The van der Waals surface area contributed by atoms with E-state index in [-0.39, 0.29) is 6.10 Å². The second-order valence-corrected chi connectivity index (χ2v) is 7.18. The fourth-order valence-corrected chi connectivity index (χ4v) is 3.90. The lowest BCUT2D eigenvalue weighted by Crippen LogP contribution is -2.40. The summed E-state index contributed by atoms with van der Waals surface area (Å²) in [5, 5.41) is 13.7. The van der Waals surface area contributed by atoms with Crippen LogP contribution in [-0.4, -0.2) is 23.8 Å². The SMILES string of the molecule is CC1CC(C)(C)CC1NCC1CCCCC1O. The zero-order valence-corrected chi connectivity index (χ0v) is 11.7. The van der Waals surface area contributed by atoms with E-state index in [0.717, 1.165) is 18.9 Å². The van der Waals surface area contributed by atoms with E-state index in [0.29, 0.717) is 17.4 Å². The number of nitrogens with one attached hydrogen (secondary N) is 1. The van der Waals surface area contributed by atoms with Crippen LogP contribution in [0.3, 0.4) is 0 Å². The molecular formula is C15H29NO. The highest BCUT2D eigenvalue weighted by atomic mass is 16.3. The van der Waals surface area contributed by atoms with Crippen LogP contribution in [0.25, 0.3) is 0 Å². The van der Waals surface area contributed by atoms with Gasteiger partial charge in [-0.15, -0.1) is 0 Å². The Kier molecular flexibility index (Phi) is 4.14. The van der Waals surface area contributed by atoms with Gasteiger partial charge in [-0.25, -0.2) is 0 Å². The first kappa shape index (κ1) is 13.4. The van der Waals surface area contributed by atoms with Crippen LogP contribution >= 0.6 is 0 Å². The van der Waals surface area contributed by atoms with Gasteiger partial charge in [-0.3, -0.25) is 0 Å². The van der Waals surface area contributed by atoms with Crippen LogP contribution in [0, 0.1) is 17.3 Å². The van der Waals surface area contributed by atoms with E-state index < -0.39 is 0 Å². The summed E-state index contributed by atoms with van der Waals surface area (Å²) < 4.78 is 0. The largest absolute Gasteiger partial charge is 0.393 e. The molecule has 0 heterocycles. The standard InChI is InChI=1S/C15H29NO/c1-11-8-15(2,3)9-13(11)16-10-12-6-4-5-7-14(12)17/h11-14,16-17H,4-10H2,1-3H3. The summed E-state index contributed by atoms with van der Waals surface area (Å²) in [4.78, 5) is 0. The lowest BCUT2D eigenvalue weighted by molar-refractivity contribution is 0.0673. The number of aliphatic hydroxyl groups excluding tert-OH is 1. The highest BCUT2D eigenvalue weighted by Crippen LogP contribution is 2.41. The quantitative estimate of drug-likeness (QED) is 0.793. The van der Waals surface area contributed by atoms with Crippen LogP contribution in [0.2, 0.25) is 0 Å². The van der Waals surface area contributed by atoms with Gasteiger partial charge in [0.05, 0.1) is 6.10 Å². The van der Waals surface area contributed by atoms with E-state index in [2.05, 4.69) is 26.1 Å². The molecule has 2 fully saturated rings. The molecule has 0 saturated heterocycles. The highest BCUT2D eigenvalue weighted by molar-refractivity contribution is 4.92. The van der Waals surface area contributed by atoms with E-state index in [4.69, 9.17) is 0 Å². The molecule has 2 nitrogen and oxygen atoms in total. The van der Waals surface area contributed by atoms with E-state index in [9.17, 15) is 5.11 Å². The summed E-state index contributed by atoms with van der Waals surface area (Å²) in [5.41, 5.74) is 0.502. The van der Waals surface area contributed by atoms with Gasteiger partial charge in [0.2, 0.25) is 0 Å². The third kappa shape index (κ3) is 3.45. The topological polar surface area (TPSA) is 32.3 Å². The molecular weight excluding hydrogens is 210 g/mol. The Hall–Kier alpha value is -0.0800. The van der Waals surface area contributed by atoms with Crippen LogP contribution in [0.1, 0.15) is 59.3 Å². The van der Waals surface area contributed by atoms with Gasteiger partial charge in [0.1, 0.15) is 0 Å². The van der Waals surface area contributed by atoms with Gasteiger partial charge in [0.15, 0.2) is 0 Å². The van der Waals surface area contributed by atoms with Crippen molar-refractivity contribution in [1.82, 2.24) is 5.32 Å². The van der Waals surface area contributed by atoms with Crippen molar-refractivity contribution < 1.29 is 5.11 Å². The molecule has 4 unspecified atom stereocenters. The van der Waals surface area contributed by atoms with Crippen molar-refractivity contribution in [3.63, 3.8) is 0 Å². The molecule has 0 aromatic rings. The lowest BCUT2D eigenvalue weighted by atomic mass is 9.86. The number of rotatable bonds is 3. The second kappa shape index (κ2) is 5.27. The molecule has 0 bridgehead atoms. The Bertz CT molecular complexity index is 251. The van der Waals surface area contributed by atoms with Crippen molar-refractivity contribution in [2.45, 2.75) is 71.4 Å². The van der Waals surface area contributed by atoms with E-state index in [1.54, 1.807) is 0 Å². The summed E-state index contributed by atoms with van der Waals surface area (Å²) in [6, 6.07) is 0.666. The molecule has 0 aliphatic heterocycles. The van der Waals surface area contributed by atoms with Crippen LogP contribution in [-0.2, 0) is 0 Å². The van der Waals surface area contributed by atoms with Gasteiger partial charge in [-0.1, -0.05) is 33.6 Å². The van der Waals surface area contributed by atoms with Gasteiger partial charge in [-0.05, 0) is 42.9 Å². The maximum atomic E-state index is 9.97. The average Bonchev–Trinajstić information content (AvgIpc) is 2.51. The molecule has 2 N–H and O–H groups in total. The minimum Gasteiger partial charge on any atom is -0.393 e. The van der Waals surface area contributed by atoms with Crippen molar-refractivity contribution in [3.8, 4) is 0 Å². The molecule has 4 atom stereocenters. The molecule has 2 aliphatic carbocycles. The first-order valence-electron chi connectivity index (χ1n) is 7.39. The summed E-state index contributed by atoms with van der Waals surface area (Å²) in [6.07, 6.45) is 7.30. The average molecular weight is 239 g/mol. The number of aliphatic hydroxyl groups is 1. The van der Waals surface area contributed by atoms with Gasteiger partial charge in [-0.2, -0.15) is 0 Å². The Balaban J connectivity index is 1.78. The van der Waals surface area contributed by atoms with Crippen molar-refractivity contribution in [2.75, 3.05) is 6.54 Å². The van der Waals surface area contributed by atoms with Crippen LogP contribution in [0.5, 0.6) is 0 Å². The van der Waals surface area contributed by atoms with Crippen molar-refractivity contribution in [3.05, 3.63) is 0 Å². The molecule has 0 radical (unpaired) electrons. The Morgan fingerprint density at radius 1 is 1.18 bits per heavy atom. The second-order valence-electron chi connectivity index (χ2n) is 7.18. The molecule has 100 valence electrons. The normalized spacial score (nSPS) is 41.6. The van der Waals surface area contributed by atoms with E-state index in [1.165, 1.54) is 32.1 Å². The molecule has 0 aromatic carbocycles. The number of hydrogen-bond acceptors (Lipinski definition) is 2. The first-order chi connectivity index (χ1) is 7.98. The molecule has 2 aliphatic rings. The van der Waals surface area contributed by atoms with Gasteiger partial charge in [0.25, 0.3) is 0 Å². The van der Waals surface area contributed by atoms with Crippen LogP contribution < -0.4 is 5.32 Å². The third-order valence-corrected chi connectivity index (χ3v) is 4.85. The smallest absolute Gasteiger partial charge is 0.0580 e. The zero-order chi connectivity index (χ0) is 12.5. The predicted molar refractivity (Wildman–Crippen MR) is 71.9 cm³/mol. The van der Waals surface area contributed by atoms with Gasteiger partial charge in [0, 0.05) is 12.6 Å². The molecule has 2 saturated carbocycles. The van der Waals surface area contributed by atoms with E-state index >= 15 is 0 Å². The Morgan fingerprint density at radius 3 is 2.47 bits per heavy atom. The fourth-order valence-electron chi connectivity index (χ4n) is 3.90. The summed E-state index contributed by atoms with van der Waals surface area (Å²) >= 11 is 0. The monoisotopic (exact) mass is 239 g/mol. The van der Waals surface area contributed by atoms with Crippen molar-refractivity contribution in [1.29, 1.82) is 0 Å². The van der Waals surface area contributed by atoms with Gasteiger partial charge < -0.3 is 10.4 Å². The predicted octanol–water partition coefficient (Wildman–Crippen LogP) is 2.95. The van der Waals surface area contributed by atoms with Gasteiger partial charge >= 0.3 is 0 Å². The Labute approximate surface area is 106 Å². The van der Waals surface area contributed by atoms with Crippen LogP contribution in [0.15, 0.2) is 0 Å². The molecule has 0 amide bonds. The molecule has 2 heteroatoms. The summed E-state index contributed by atoms with van der Waals surface area (Å²) in [5.74, 6) is 1.28. The first-order valence-corrected chi connectivity index (χ1v) is 7.39. The van der Waals surface area contributed by atoms with Crippen LogP contribution in [0.4, 0.5) is 0 Å². The minimum atomic E-state index is -0.0547. The number of hydrogen-bond donors (Lipinski definition) is 2. The molecule has 17 heavy (non-hydrogen) atoms. The fraction of sp³-hybridized carbons (Fsp3) is 1.00. The maximum Gasteiger partial charge on any atom is 0.0580 e. The third-order valence-electron chi connectivity index (χ3n) is 4.85. The molecule has 0 aromatic heterocycles. The molecule has 0 spiro atoms. The maximum absolute atomic E-state index is 9.97. The van der Waals surface area contributed by atoms with E-state index in [1.807, 2.05) is 0 Å². The Morgan fingerprint density at radius 2 is 1.88 bits per heavy atom. The minimum absolute atomic E-state index is 0.0547. The summed E-state index contributed by atoms with van der Waals surface area (Å²) in [7, 11) is 0.